The standard InChI is InChI=1S/C24H25BrN6O3S/c1-14-18-11-27-31(21(18)9-20(28-14)19-10-26-6-5-22(19)34-3)24-8-17(7-23(25)29-24)30-12-16(15(30)2)13-35(4,32)33/h5-11,15-16H,12-13H2,1-4H3/t15-,16-/m1/s1. The topological polar surface area (TPSA) is 103 Å². The highest BCUT2D eigenvalue weighted by Crippen LogP contribution is 2.35. The van der Waals surface area contributed by atoms with Gasteiger partial charge in [0.05, 0.1) is 35.8 Å². The molecule has 5 rings (SSSR count). The van der Waals surface area contributed by atoms with Gasteiger partial charge >= 0.3 is 0 Å². The molecule has 0 radical (unpaired) electrons. The first-order valence-corrected chi connectivity index (χ1v) is 14.0. The van der Waals surface area contributed by atoms with Crippen molar-refractivity contribution in [3.8, 4) is 22.8 Å². The molecule has 11 heteroatoms. The summed E-state index contributed by atoms with van der Waals surface area (Å²) < 4.78 is 31.5. The second kappa shape index (κ2) is 8.87. The molecular weight excluding hydrogens is 532 g/mol. The molecule has 0 amide bonds. The summed E-state index contributed by atoms with van der Waals surface area (Å²) in [6.45, 7) is 4.68. The Balaban J connectivity index is 1.55. The number of aryl methyl sites for hydroxylation is 1. The smallest absolute Gasteiger partial charge is 0.157 e. The van der Waals surface area contributed by atoms with Gasteiger partial charge in [0.15, 0.2) is 5.82 Å². The number of rotatable bonds is 6. The number of sulfone groups is 1. The molecule has 2 atom stereocenters. The number of hydrogen-bond donors (Lipinski definition) is 0. The lowest BCUT2D eigenvalue weighted by Gasteiger charge is -2.48. The molecule has 1 aliphatic rings. The summed E-state index contributed by atoms with van der Waals surface area (Å²) in [5.74, 6) is 1.64. The number of hydrogen-bond acceptors (Lipinski definition) is 8. The number of halogens is 1. The summed E-state index contributed by atoms with van der Waals surface area (Å²) in [6, 6.07) is 7.80. The maximum absolute atomic E-state index is 11.7. The monoisotopic (exact) mass is 556 g/mol. The molecule has 5 heterocycles. The highest BCUT2D eigenvalue weighted by Gasteiger charge is 2.37. The van der Waals surface area contributed by atoms with E-state index in [0.717, 1.165) is 33.5 Å². The zero-order chi connectivity index (χ0) is 24.9. The largest absolute Gasteiger partial charge is 0.496 e. The van der Waals surface area contributed by atoms with E-state index in [9.17, 15) is 8.42 Å². The molecule has 1 aliphatic heterocycles. The Hall–Kier alpha value is -3.05. The Labute approximate surface area is 212 Å². The molecule has 0 unspecified atom stereocenters. The molecular formula is C24H25BrN6O3S. The van der Waals surface area contributed by atoms with Crippen LogP contribution in [0.25, 0.3) is 28.0 Å². The van der Waals surface area contributed by atoms with Crippen LogP contribution in [0.1, 0.15) is 12.6 Å². The van der Waals surface area contributed by atoms with Crippen LogP contribution >= 0.6 is 15.9 Å². The SMILES string of the molecule is COc1ccncc1-c1cc2c(cnn2-c2cc(N3C[C@H](CS(C)(=O)=O)[C@H]3C)cc(Br)n2)c(C)n1. The van der Waals surface area contributed by atoms with E-state index in [2.05, 4.69) is 42.8 Å². The number of ether oxygens (including phenoxy) is 1. The Morgan fingerprint density at radius 1 is 1.20 bits per heavy atom. The number of anilines is 1. The van der Waals surface area contributed by atoms with Crippen LogP contribution < -0.4 is 9.64 Å². The molecule has 0 aromatic carbocycles. The van der Waals surface area contributed by atoms with Gasteiger partial charge in [-0.25, -0.2) is 18.1 Å². The maximum Gasteiger partial charge on any atom is 0.157 e. The number of aromatic nitrogens is 5. The molecule has 0 spiro atoms. The van der Waals surface area contributed by atoms with Gasteiger partial charge in [-0.15, -0.1) is 0 Å². The average Bonchev–Trinajstić information content (AvgIpc) is 3.25. The quantitative estimate of drug-likeness (QED) is 0.330. The van der Waals surface area contributed by atoms with E-state index in [1.54, 1.807) is 36.4 Å². The van der Waals surface area contributed by atoms with E-state index in [4.69, 9.17) is 9.72 Å². The van der Waals surface area contributed by atoms with Crippen molar-refractivity contribution in [1.82, 2.24) is 24.7 Å². The first-order chi connectivity index (χ1) is 16.6. The van der Waals surface area contributed by atoms with Crippen molar-refractivity contribution in [1.29, 1.82) is 0 Å². The van der Waals surface area contributed by atoms with Crippen molar-refractivity contribution >= 4 is 42.4 Å². The molecule has 1 saturated heterocycles. The van der Waals surface area contributed by atoms with Crippen LogP contribution in [0, 0.1) is 12.8 Å². The van der Waals surface area contributed by atoms with E-state index >= 15 is 0 Å². The van der Waals surface area contributed by atoms with Gasteiger partial charge in [-0.3, -0.25) is 9.97 Å². The molecule has 0 saturated carbocycles. The van der Waals surface area contributed by atoms with Crippen LogP contribution in [-0.2, 0) is 9.84 Å². The lowest BCUT2D eigenvalue weighted by Crippen LogP contribution is -2.57. The minimum absolute atomic E-state index is 0.108. The normalized spacial score (nSPS) is 18.0. The average molecular weight is 557 g/mol. The fraction of sp³-hybridized carbons (Fsp3) is 0.333. The molecule has 4 aromatic rings. The first kappa shape index (κ1) is 23.7. The van der Waals surface area contributed by atoms with E-state index in [0.29, 0.717) is 22.7 Å². The number of methoxy groups -OCH3 is 1. The van der Waals surface area contributed by atoms with Gasteiger partial charge in [-0.05, 0) is 48.0 Å². The molecule has 0 bridgehead atoms. The van der Waals surface area contributed by atoms with Crippen LogP contribution in [0.4, 0.5) is 5.69 Å². The highest BCUT2D eigenvalue weighted by atomic mass is 79.9. The second-order valence-electron chi connectivity index (χ2n) is 8.91. The van der Waals surface area contributed by atoms with Crippen LogP contribution in [0.2, 0.25) is 0 Å². The molecule has 182 valence electrons. The van der Waals surface area contributed by atoms with Crippen molar-refractivity contribution in [3.05, 3.63) is 53.2 Å². The third kappa shape index (κ3) is 4.50. The lowest BCUT2D eigenvalue weighted by atomic mass is 9.91. The molecule has 1 fully saturated rings. The van der Waals surface area contributed by atoms with Crippen LogP contribution in [0.5, 0.6) is 5.75 Å². The lowest BCUT2D eigenvalue weighted by molar-refractivity contribution is 0.341. The summed E-state index contributed by atoms with van der Waals surface area (Å²) >= 11 is 3.54. The number of pyridine rings is 3. The fourth-order valence-corrected chi connectivity index (χ4v) is 6.18. The van der Waals surface area contributed by atoms with Gasteiger partial charge in [0, 0.05) is 60.0 Å². The van der Waals surface area contributed by atoms with Gasteiger partial charge in [-0.2, -0.15) is 5.10 Å². The first-order valence-electron chi connectivity index (χ1n) is 11.1. The second-order valence-corrected chi connectivity index (χ2v) is 11.9. The van der Waals surface area contributed by atoms with Crippen LogP contribution in [-0.4, -0.2) is 64.9 Å². The van der Waals surface area contributed by atoms with E-state index in [1.807, 2.05) is 25.1 Å². The van der Waals surface area contributed by atoms with Crippen LogP contribution in [0.15, 0.2) is 47.5 Å². The molecule has 9 nitrogen and oxygen atoms in total. The fourth-order valence-electron chi connectivity index (χ4n) is 4.60. The Bertz CT molecular complexity index is 1540. The predicted octanol–water partition coefficient (Wildman–Crippen LogP) is 3.83. The third-order valence-corrected chi connectivity index (χ3v) is 7.91. The minimum Gasteiger partial charge on any atom is -0.496 e. The van der Waals surface area contributed by atoms with Crippen LogP contribution in [0.3, 0.4) is 0 Å². The van der Waals surface area contributed by atoms with E-state index in [1.165, 1.54) is 6.26 Å². The van der Waals surface area contributed by atoms with Gasteiger partial charge in [-0.1, -0.05) is 0 Å². The Kier molecular flexibility index (Phi) is 6.00. The predicted molar refractivity (Wildman–Crippen MR) is 139 cm³/mol. The van der Waals surface area contributed by atoms with Gasteiger partial charge in [0.2, 0.25) is 0 Å². The van der Waals surface area contributed by atoms with E-state index < -0.39 is 9.84 Å². The van der Waals surface area contributed by atoms with Gasteiger partial charge < -0.3 is 9.64 Å². The molecule has 35 heavy (non-hydrogen) atoms. The van der Waals surface area contributed by atoms with Crippen molar-refractivity contribution < 1.29 is 13.2 Å². The zero-order valence-electron chi connectivity index (χ0n) is 19.8. The van der Waals surface area contributed by atoms with Crippen molar-refractivity contribution in [3.63, 3.8) is 0 Å². The Morgan fingerprint density at radius 2 is 2.00 bits per heavy atom. The maximum atomic E-state index is 11.7. The number of fused-ring (bicyclic) bond motifs is 1. The van der Waals surface area contributed by atoms with Crippen molar-refractivity contribution in [2.24, 2.45) is 5.92 Å². The summed E-state index contributed by atoms with van der Waals surface area (Å²) in [7, 11) is -1.39. The number of nitrogens with zero attached hydrogens (tertiary/aromatic N) is 6. The van der Waals surface area contributed by atoms with Crippen molar-refractivity contribution in [2.45, 2.75) is 19.9 Å². The third-order valence-electron chi connectivity index (χ3n) is 6.47. The van der Waals surface area contributed by atoms with Gasteiger partial charge in [0.1, 0.15) is 20.2 Å². The summed E-state index contributed by atoms with van der Waals surface area (Å²) in [5, 5.41) is 5.54. The minimum atomic E-state index is -3.02. The van der Waals surface area contributed by atoms with Gasteiger partial charge in [0.25, 0.3) is 0 Å². The molecule has 4 aromatic heterocycles. The summed E-state index contributed by atoms with van der Waals surface area (Å²) in [4.78, 5) is 15.9. The molecule has 0 N–H and O–H groups in total. The summed E-state index contributed by atoms with van der Waals surface area (Å²) in [5.41, 5.74) is 4.19. The van der Waals surface area contributed by atoms with E-state index in [-0.39, 0.29) is 17.7 Å². The zero-order valence-corrected chi connectivity index (χ0v) is 22.2. The van der Waals surface area contributed by atoms with Crippen molar-refractivity contribution in [2.75, 3.05) is 30.6 Å². The summed E-state index contributed by atoms with van der Waals surface area (Å²) in [6.07, 6.45) is 6.50. The highest BCUT2D eigenvalue weighted by molar-refractivity contribution is 9.10. The Morgan fingerprint density at radius 3 is 2.71 bits per heavy atom. The molecule has 0 aliphatic carbocycles.